The van der Waals surface area contributed by atoms with E-state index in [2.05, 4.69) is 5.32 Å². The Morgan fingerprint density at radius 1 is 0.750 bits per heavy atom. The van der Waals surface area contributed by atoms with Crippen LogP contribution >= 0.6 is 34.8 Å². The van der Waals surface area contributed by atoms with Crippen LogP contribution in [-0.4, -0.2) is 0 Å². The molecule has 0 bridgehead atoms. The Morgan fingerprint density at radius 2 is 1.35 bits per heavy atom. The SMILES string of the molecule is Fc1cc(F)c(CNc2cc(Cl)c(Cl)cc2Cl)cc1F. The van der Waals surface area contributed by atoms with E-state index in [1.54, 1.807) is 0 Å². The van der Waals surface area contributed by atoms with Crippen LogP contribution in [0.3, 0.4) is 0 Å². The second-order valence-corrected chi connectivity index (χ2v) is 5.18. The zero-order valence-corrected chi connectivity index (χ0v) is 12.1. The Hall–Kier alpha value is -1.10. The van der Waals surface area contributed by atoms with E-state index >= 15 is 0 Å². The summed E-state index contributed by atoms with van der Waals surface area (Å²) in [5.41, 5.74) is 0.372. The van der Waals surface area contributed by atoms with E-state index in [0.29, 0.717) is 11.8 Å². The summed E-state index contributed by atoms with van der Waals surface area (Å²) in [6, 6.07) is 4.16. The van der Waals surface area contributed by atoms with Crippen molar-refractivity contribution in [1.82, 2.24) is 0 Å². The molecule has 0 saturated heterocycles. The molecular formula is C13H7Cl3F3N. The van der Waals surface area contributed by atoms with Crippen molar-refractivity contribution in [2.24, 2.45) is 0 Å². The van der Waals surface area contributed by atoms with Crippen molar-refractivity contribution in [3.8, 4) is 0 Å². The molecular weight excluding hydrogens is 334 g/mol. The van der Waals surface area contributed by atoms with Gasteiger partial charge in [-0.15, -0.1) is 0 Å². The van der Waals surface area contributed by atoms with Gasteiger partial charge in [0, 0.05) is 18.2 Å². The Kier molecular flexibility index (Phi) is 4.68. The van der Waals surface area contributed by atoms with E-state index in [0.717, 1.165) is 6.07 Å². The van der Waals surface area contributed by atoms with E-state index in [1.807, 2.05) is 0 Å². The Morgan fingerprint density at radius 3 is 2.05 bits per heavy atom. The van der Waals surface area contributed by atoms with E-state index in [-0.39, 0.29) is 27.2 Å². The molecule has 0 atom stereocenters. The summed E-state index contributed by atoms with van der Waals surface area (Å²) in [5.74, 6) is -3.21. The molecule has 0 radical (unpaired) electrons. The molecule has 0 fully saturated rings. The number of hydrogen-bond acceptors (Lipinski definition) is 1. The molecule has 0 aromatic heterocycles. The van der Waals surface area contributed by atoms with Crippen LogP contribution in [0.5, 0.6) is 0 Å². The van der Waals surface area contributed by atoms with Crippen LogP contribution in [0.4, 0.5) is 18.9 Å². The largest absolute Gasteiger partial charge is 0.380 e. The number of rotatable bonds is 3. The third-order valence-corrected chi connectivity index (χ3v) is 3.60. The maximum Gasteiger partial charge on any atom is 0.161 e. The van der Waals surface area contributed by atoms with Gasteiger partial charge < -0.3 is 5.32 Å². The summed E-state index contributed by atoms with van der Waals surface area (Å²) in [4.78, 5) is 0. The minimum atomic E-state index is -1.24. The number of anilines is 1. The van der Waals surface area contributed by atoms with Crippen LogP contribution in [0.2, 0.25) is 15.1 Å². The summed E-state index contributed by atoms with van der Waals surface area (Å²) >= 11 is 17.5. The van der Waals surface area contributed by atoms with Crippen LogP contribution in [0, 0.1) is 17.5 Å². The minimum Gasteiger partial charge on any atom is -0.380 e. The average molecular weight is 341 g/mol. The molecule has 0 aliphatic heterocycles. The molecule has 7 heteroatoms. The van der Waals surface area contributed by atoms with Crippen molar-refractivity contribution in [1.29, 1.82) is 0 Å². The molecule has 2 aromatic rings. The number of hydrogen-bond donors (Lipinski definition) is 1. The summed E-state index contributed by atoms with van der Waals surface area (Å²) < 4.78 is 39.3. The van der Waals surface area contributed by atoms with Gasteiger partial charge in [-0.1, -0.05) is 34.8 Å². The molecule has 0 heterocycles. The first-order chi connectivity index (χ1) is 9.38. The number of benzene rings is 2. The molecule has 1 N–H and O–H groups in total. The van der Waals surface area contributed by atoms with Gasteiger partial charge in [0.15, 0.2) is 11.6 Å². The summed E-state index contributed by atoms with van der Waals surface area (Å²) in [6.45, 7) is -0.0826. The third-order valence-electron chi connectivity index (χ3n) is 2.57. The van der Waals surface area contributed by atoms with Crippen molar-refractivity contribution >= 4 is 40.5 Å². The van der Waals surface area contributed by atoms with Gasteiger partial charge in [-0.05, 0) is 18.2 Å². The zero-order chi connectivity index (χ0) is 14.9. The van der Waals surface area contributed by atoms with Crippen LogP contribution in [0.15, 0.2) is 24.3 Å². The highest BCUT2D eigenvalue weighted by Gasteiger charge is 2.11. The molecule has 20 heavy (non-hydrogen) atoms. The molecule has 2 aromatic carbocycles. The highest BCUT2D eigenvalue weighted by atomic mass is 35.5. The first-order valence-electron chi connectivity index (χ1n) is 5.40. The molecule has 1 nitrogen and oxygen atoms in total. The second kappa shape index (κ2) is 6.12. The molecule has 0 saturated carbocycles. The van der Waals surface area contributed by atoms with Gasteiger partial charge in [-0.3, -0.25) is 0 Å². The maximum atomic E-state index is 13.5. The summed E-state index contributed by atoms with van der Waals surface area (Å²) in [5, 5.41) is 3.61. The Bertz CT molecular complexity index is 604. The van der Waals surface area contributed by atoms with Crippen molar-refractivity contribution < 1.29 is 13.2 Å². The molecule has 106 valence electrons. The van der Waals surface area contributed by atoms with Crippen molar-refractivity contribution in [3.63, 3.8) is 0 Å². The Balaban J connectivity index is 2.21. The number of halogens is 6. The van der Waals surface area contributed by atoms with Gasteiger partial charge in [-0.25, -0.2) is 13.2 Å². The zero-order valence-electron chi connectivity index (χ0n) is 9.78. The van der Waals surface area contributed by atoms with Crippen molar-refractivity contribution in [2.75, 3.05) is 5.32 Å². The quantitative estimate of drug-likeness (QED) is 0.709. The highest BCUT2D eigenvalue weighted by molar-refractivity contribution is 6.44. The smallest absolute Gasteiger partial charge is 0.161 e. The van der Waals surface area contributed by atoms with Gasteiger partial charge in [0.1, 0.15) is 5.82 Å². The normalized spacial score (nSPS) is 10.7. The fourth-order valence-corrected chi connectivity index (χ4v) is 2.16. The van der Waals surface area contributed by atoms with E-state index in [9.17, 15) is 13.2 Å². The Labute approximate surface area is 128 Å². The standard InChI is InChI=1S/C13H7Cl3F3N/c14-7-2-9(16)13(3-8(7)15)20-5-6-1-11(18)12(19)4-10(6)17/h1-4,20H,5H2. The lowest BCUT2D eigenvalue weighted by molar-refractivity contribution is 0.490. The van der Waals surface area contributed by atoms with Gasteiger partial charge in [-0.2, -0.15) is 0 Å². The van der Waals surface area contributed by atoms with Gasteiger partial charge >= 0.3 is 0 Å². The van der Waals surface area contributed by atoms with Crippen molar-refractivity contribution in [3.05, 3.63) is 62.3 Å². The fourth-order valence-electron chi connectivity index (χ4n) is 1.55. The first kappa shape index (κ1) is 15.3. The molecule has 0 aliphatic rings. The third kappa shape index (κ3) is 3.32. The highest BCUT2D eigenvalue weighted by Crippen LogP contribution is 2.32. The van der Waals surface area contributed by atoms with Gasteiger partial charge in [0.2, 0.25) is 0 Å². The van der Waals surface area contributed by atoms with E-state index in [1.165, 1.54) is 12.1 Å². The first-order valence-corrected chi connectivity index (χ1v) is 6.53. The lowest BCUT2D eigenvalue weighted by Crippen LogP contribution is -2.04. The minimum absolute atomic E-state index is 0.0361. The van der Waals surface area contributed by atoms with Crippen LogP contribution in [0.1, 0.15) is 5.56 Å². The monoisotopic (exact) mass is 339 g/mol. The summed E-state index contributed by atoms with van der Waals surface area (Å²) in [6.07, 6.45) is 0. The van der Waals surface area contributed by atoms with E-state index < -0.39 is 17.5 Å². The van der Waals surface area contributed by atoms with Gasteiger partial charge in [0.05, 0.1) is 20.8 Å². The maximum absolute atomic E-state index is 13.5. The second-order valence-electron chi connectivity index (χ2n) is 3.96. The van der Waals surface area contributed by atoms with Crippen LogP contribution in [0.25, 0.3) is 0 Å². The predicted octanol–water partition coefficient (Wildman–Crippen LogP) is 5.68. The molecule has 0 aliphatic carbocycles. The molecule has 2 rings (SSSR count). The lowest BCUT2D eigenvalue weighted by atomic mass is 10.2. The van der Waals surface area contributed by atoms with Crippen LogP contribution in [-0.2, 0) is 6.54 Å². The predicted molar refractivity (Wildman–Crippen MR) is 75.1 cm³/mol. The fraction of sp³-hybridized carbons (Fsp3) is 0.0769. The van der Waals surface area contributed by atoms with Gasteiger partial charge in [0.25, 0.3) is 0 Å². The lowest BCUT2D eigenvalue weighted by Gasteiger charge is -2.11. The molecule has 0 spiro atoms. The molecule has 0 unspecified atom stereocenters. The molecule has 0 amide bonds. The van der Waals surface area contributed by atoms with Crippen molar-refractivity contribution in [2.45, 2.75) is 6.54 Å². The average Bonchev–Trinajstić information content (AvgIpc) is 2.37. The van der Waals surface area contributed by atoms with E-state index in [4.69, 9.17) is 34.8 Å². The summed E-state index contributed by atoms with van der Waals surface area (Å²) in [7, 11) is 0. The number of nitrogens with one attached hydrogen (secondary N) is 1. The topological polar surface area (TPSA) is 12.0 Å². The van der Waals surface area contributed by atoms with Crippen LogP contribution < -0.4 is 5.32 Å².